The Morgan fingerprint density at radius 3 is 2.39 bits per heavy atom. The van der Waals surface area contributed by atoms with Gasteiger partial charge in [-0.1, -0.05) is 29.8 Å². The van der Waals surface area contributed by atoms with Crippen molar-refractivity contribution in [3.8, 4) is 5.75 Å². The molecule has 0 unspecified atom stereocenters. The smallest absolute Gasteiger partial charge is 0.257 e. The van der Waals surface area contributed by atoms with Gasteiger partial charge in [-0.3, -0.25) is 9.59 Å². The van der Waals surface area contributed by atoms with E-state index < -0.39 is 0 Å². The molecule has 2 rings (SSSR count). The molecule has 5 nitrogen and oxygen atoms in total. The molecule has 0 radical (unpaired) electrons. The van der Waals surface area contributed by atoms with Gasteiger partial charge in [0.2, 0.25) is 5.91 Å². The molecular weight excluding hydrogens is 360 g/mol. The van der Waals surface area contributed by atoms with Crippen LogP contribution in [0.3, 0.4) is 0 Å². The number of piperazine rings is 1. The Hall–Kier alpha value is -1.56. The summed E-state index contributed by atoms with van der Waals surface area (Å²) in [6.07, 6.45) is 1.46. The minimum atomic E-state index is -0.196. The molecule has 1 aliphatic rings. The summed E-state index contributed by atoms with van der Waals surface area (Å²) in [5.41, 5.74) is 0.291. The molecule has 0 saturated carbocycles. The summed E-state index contributed by atoms with van der Waals surface area (Å²) in [7, 11) is 0. The van der Waals surface area contributed by atoms with Crippen molar-refractivity contribution in [1.82, 2.24) is 9.80 Å². The third kappa shape index (κ3) is 4.70. The Kier molecular flexibility index (Phi) is 6.04. The first-order valence-corrected chi connectivity index (χ1v) is 8.73. The molecule has 1 aromatic rings. The van der Waals surface area contributed by atoms with Crippen molar-refractivity contribution in [3.63, 3.8) is 0 Å². The summed E-state index contributed by atoms with van der Waals surface area (Å²) in [6.45, 7) is 6.31. The van der Waals surface area contributed by atoms with Crippen molar-refractivity contribution in [2.75, 3.05) is 26.2 Å². The van der Waals surface area contributed by atoms with Gasteiger partial charge in [0, 0.05) is 37.1 Å². The van der Waals surface area contributed by atoms with Crippen molar-refractivity contribution < 1.29 is 14.7 Å². The van der Waals surface area contributed by atoms with E-state index in [2.05, 4.69) is 29.8 Å². The standard InChI is InChI=1S/C17H23BrN2O3/c1-12(2)3-6-16(22)19-7-9-20(10-8-19)17(23)14-11-13(18)4-5-15(14)21/h4-5,11-12,21H,3,6-10H2,1-2H3. The maximum Gasteiger partial charge on any atom is 0.257 e. The Morgan fingerprint density at radius 2 is 1.78 bits per heavy atom. The van der Waals surface area contributed by atoms with Crippen LogP contribution >= 0.6 is 15.9 Å². The van der Waals surface area contributed by atoms with Crippen molar-refractivity contribution in [3.05, 3.63) is 28.2 Å². The molecular formula is C17H23BrN2O3. The Morgan fingerprint density at radius 1 is 1.17 bits per heavy atom. The number of aromatic hydroxyl groups is 1. The van der Waals surface area contributed by atoms with Crippen LogP contribution in [0, 0.1) is 5.92 Å². The number of nitrogens with zero attached hydrogens (tertiary/aromatic N) is 2. The summed E-state index contributed by atoms with van der Waals surface area (Å²) >= 11 is 3.31. The van der Waals surface area contributed by atoms with E-state index in [9.17, 15) is 14.7 Å². The molecule has 1 aliphatic heterocycles. The maximum atomic E-state index is 12.5. The summed E-state index contributed by atoms with van der Waals surface area (Å²) in [5, 5.41) is 9.87. The first kappa shape index (κ1) is 17.8. The molecule has 0 spiro atoms. The largest absolute Gasteiger partial charge is 0.507 e. The van der Waals surface area contributed by atoms with Crippen molar-refractivity contribution in [2.45, 2.75) is 26.7 Å². The number of hydrogen-bond acceptors (Lipinski definition) is 3. The van der Waals surface area contributed by atoms with Gasteiger partial charge in [0.1, 0.15) is 5.75 Å². The van der Waals surface area contributed by atoms with Crippen LogP contribution in [0.2, 0.25) is 0 Å². The van der Waals surface area contributed by atoms with Gasteiger partial charge in [-0.05, 0) is 30.5 Å². The van der Waals surface area contributed by atoms with Crippen LogP contribution in [0.5, 0.6) is 5.75 Å². The van der Waals surface area contributed by atoms with E-state index in [1.165, 1.54) is 6.07 Å². The molecule has 1 fully saturated rings. The average molecular weight is 383 g/mol. The number of halogens is 1. The van der Waals surface area contributed by atoms with Crippen molar-refractivity contribution in [2.24, 2.45) is 5.92 Å². The zero-order chi connectivity index (χ0) is 17.0. The highest BCUT2D eigenvalue weighted by molar-refractivity contribution is 9.10. The molecule has 1 aromatic carbocycles. The maximum absolute atomic E-state index is 12.5. The van der Waals surface area contributed by atoms with Crippen LogP contribution < -0.4 is 0 Å². The van der Waals surface area contributed by atoms with Crippen molar-refractivity contribution in [1.29, 1.82) is 0 Å². The molecule has 1 N–H and O–H groups in total. The van der Waals surface area contributed by atoms with Crippen LogP contribution in [0.25, 0.3) is 0 Å². The first-order valence-electron chi connectivity index (χ1n) is 7.94. The Labute approximate surface area is 145 Å². The molecule has 126 valence electrons. The second-order valence-electron chi connectivity index (χ2n) is 6.27. The minimum Gasteiger partial charge on any atom is -0.507 e. The highest BCUT2D eigenvalue weighted by atomic mass is 79.9. The van der Waals surface area contributed by atoms with Gasteiger partial charge in [0.15, 0.2) is 0 Å². The fourth-order valence-electron chi connectivity index (χ4n) is 2.58. The number of rotatable bonds is 4. The van der Waals surface area contributed by atoms with Gasteiger partial charge < -0.3 is 14.9 Å². The van der Waals surface area contributed by atoms with E-state index >= 15 is 0 Å². The lowest BCUT2D eigenvalue weighted by atomic mass is 10.1. The number of carbonyl (C=O) groups excluding carboxylic acids is 2. The van der Waals surface area contributed by atoms with Crippen LogP contribution in [-0.2, 0) is 4.79 Å². The number of amides is 2. The van der Waals surface area contributed by atoms with Gasteiger partial charge in [0.05, 0.1) is 5.56 Å². The zero-order valence-corrected chi connectivity index (χ0v) is 15.2. The molecule has 0 aromatic heterocycles. The highest BCUT2D eigenvalue weighted by Crippen LogP contribution is 2.24. The number of phenolic OH excluding ortho intramolecular Hbond substituents is 1. The van der Waals surface area contributed by atoms with E-state index in [0.29, 0.717) is 44.1 Å². The lowest BCUT2D eigenvalue weighted by Crippen LogP contribution is -2.50. The van der Waals surface area contributed by atoms with Crippen LogP contribution in [0.4, 0.5) is 0 Å². The third-order valence-corrected chi connectivity index (χ3v) is 4.54. The van der Waals surface area contributed by atoms with E-state index in [4.69, 9.17) is 0 Å². The number of phenols is 1. The molecule has 0 atom stereocenters. The van der Waals surface area contributed by atoms with Gasteiger partial charge in [0.25, 0.3) is 5.91 Å². The Bertz CT molecular complexity index is 581. The molecule has 2 amide bonds. The predicted molar refractivity (Wildman–Crippen MR) is 92.4 cm³/mol. The summed E-state index contributed by atoms with van der Waals surface area (Å²) in [4.78, 5) is 28.1. The average Bonchev–Trinajstić information content (AvgIpc) is 2.54. The molecule has 0 aliphatic carbocycles. The monoisotopic (exact) mass is 382 g/mol. The van der Waals surface area contributed by atoms with Gasteiger partial charge in [-0.15, -0.1) is 0 Å². The molecule has 0 bridgehead atoms. The molecule has 1 saturated heterocycles. The molecule has 23 heavy (non-hydrogen) atoms. The van der Waals surface area contributed by atoms with Crippen molar-refractivity contribution >= 4 is 27.7 Å². The Balaban J connectivity index is 1.92. The summed E-state index contributed by atoms with van der Waals surface area (Å²) in [5.74, 6) is 0.462. The number of benzene rings is 1. The van der Waals surface area contributed by atoms with Gasteiger partial charge in [-0.2, -0.15) is 0 Å². The second kappa shape index (κ2) is 7.81. The highest BCUT2D eigenvalue weighted by Gasteiger charge is 2.26. The third-order valence-electron chi connectivity index (χ3n) is 4.04. The van der Waals surface area contributed by atoms with E-state index in [1.807, 2.05) is 4.90 Å². The minimum absolute atomic E-state index is 0.0198. The van der Waals surface area contributed by atoms with Gasteiger partial charge >= 0.3 is 0 Å². The lowest BCUT2D eigenvalue weighted by Gasteiger charge is -2.35. The summed E-state index contributed by atoms with van der Waals surface area (Å²) in [6, 6.07) is 4.82. The zero-order valence-electron chi connectivity index (χ0n) is 13.6. The normalized spacial score (nSPS) is 15.1. The lowest BCUT2D eigenvalue weighted by molar-refractivity contribution is -0.132. The van der Waals surface area contributed by atoms with Crippen LogP contribution in [0.15, 0.2) is 22.7 Å². The second-order valence-corrected chi connectivity index (χ2v) is 7.18. The van der Waals surface area contributed by atoms with Gasteiger partial charge in [-0.25, -0.2) is 0 Å². The number of carbonyl (C=O) groups is 2. The van der Waals surface area contributed by atoms with E-state index in [0.717, 1.165) is 10.9 Å². The topological polar surface area (TPSA) is 60.9 Å². The molecule has 1 heterocycles. The van der Waals surface area contributed by atoms with E-state index in [1.54, 1.807) is 17.0 Å². The molecule has 6 heteroatoms. The number of hydrogen-bond donors (Lipinski definition) is 1. The summed E-state index contributed by atoms with van der Waals surface area (Å²) < 4.78 is 0.751. The van der Waals surface area contributed by atoms with E-state index in [-0.39, 0.29) is 17.6 Å². The van der Waals surface area contributed by atoms with Crippen LogP contribution in [-0.4, -0.2) is 52.9 Å². The van der Waals surface area contributed by atoms with Crippen LogP contribution in [0.1, 0.15) is 37.0 Å². The quantitative estimate of drug-likeness (QED) is 0.870. The fraction of sp³-hybridized carbons (Fsp3) is 0.529. The fourth-order valence-corrected chi connectivity index (χ4v) is 2.94. The first-order chi connectivity index (χ1) is 10.9. The SMILES string of the molecule is CC(C)CCC(=O)N1CCN(C(=O)c2cc(Br)ccc2O)CC1. The predicted octanol–water partition coefficient (Wildman–Crippen LogP) is 2.88.